The molecular formula is C8H20O5P2S2. The van der Waals surface area contributed by atoms with Gasteiger partial charge in [-0.05, 0) is 39.5 Å². The molecule has 0 N–H and O–H groups in total. The van der Waals surface area contributed by atoms with Gasteiger partial charge < -0.3 is 18.1 Å². The van der Waals surface area contributed by atoms with Gasteiger partial charge in [0.05, 0.1) is 37.4 Å². The zero-order chi connectivity index (χ0) is 13.4. The third-order valence-corrected chi connectivity index (χ3v) is 12.5. The minimum Gasteiger partial charge on any atom is -0.322 e. The molecule has 0 rings (SSSR count). The first-order chi connectivity index (χ1) is 7.95. The molecule has 0 radical (unpaired) electrons. The fraction of sp³-hybridized carbons (Fsp3) is 1.00. The molecule has 17 heavy (non-hydrogen) atoms. The van der Waals surface area contributed by atoms with Crippen LogP contribution in [0.1, 0.15) is 27.7 Å². The maximum absolute atomic E-state index is 12.3. The molecule has 104 valence electrons. The fourth-order valence-electron chi connectivity index (χ4n) is 0.924. The number of rotatable bonds is 10. The summed E-state index contributed by atoms with van der Waals surface area (Å²) in [6.07, 6.45) is 0. The highest BCUT2D eigenvalue weighted by Gasteiger charge is 2.35. The molecule has 0 aliphatic heterocycles. The van der Waals surface area contributed by atoms with Gasteiger partial charge in [0.2, 0.25) is 0 Å². The van der Waals surface area contributed by atoms with E-state index in [4.69, 9.17) is 29.9 Å². The van der Waals surface area contributed by atoms with Gasteiger partial charge >= 0.3 is 6.80 Å². The van der Waals surface area contributed by atoms with E-state index in [-0.39, 0.29) is 13.2 Å². The van der Waals surface area contributed by atoms with E-state index in [2.05, 4.69) is 0 Å². The molecule has 0 bridgehead atoms. The molecule has 0 saturated carbocycles. The molecule has 0 aliphatic carbocycles. The van der Waals surface area contributed by atoms with Gasteiger partial charge in [-0.1, -0.05) is 0 Å². The smallest absolute Gasteiger partial charge is 0.322 e. The minimum atomic E-state index is -3.29. The predicted molar refractivity (Wildman–Crippen MR) is 76.0 cm³/mol. The normalized spacial score (nSPS) is 12.9. The van der Waals surface area contributed by atoms with E-state index in [1.54, 1.807) is 13.8 Å². The van der Waals surface area contributed by atoms with Crippen molar-refractivity contribution in [2.75, 3.05) is 26.4 Å². The third kappa shape index (κ3) is 7.28. The molecule has 0 heterocycles. The second-order valence-corrected chi connectivity index (χ2v) is 12.5. The summed E-state index contributed by atoms with van der Waals surface area (Å²) in [6.45, 7) is 5.22. The van der Waals surface area contributed by atoms with Gasteiger partial charge in [-0.25, -0.2) is 4.57 Å². The van der Waals surface area contributed by atoms with Crippen molar-refractivity contribution in [2.24, 2.45) is 0 Å². The molecule has 0 amide bonds. The van der Waals surface area contributed by atoms with E-state index in [9.17, 15) is 4.57 Å². The van der Waals surface area contributed by atoms with E-state index in [0.717, 1.165) is 11.0 Å². The number of hydrogen-bond donors (Lipinski definition) is 0. The van der Waals surface area contributed by atoms with Crippen LogP contribution in [0.2, 0.25) is 0 Å². The summed E-state index contributed by atoms with van der Waals surface area (Å²) >= 11 is 6.16. The Kier molecular flexibility index (Phi) is 9.62. The minimum absolute atomic E-state index is 0.290. The monoisotopic (exact) mass is 322 g/mol. The Morgan fingerprint density at radius 2 is 1.24 bits per heavy atom. The SMILES string of the molecule is CCOP(=O)(OCC)SP(=S)(OCC)OCC. The van der Waals surface area contributed by atoms with Crippen LogP contribution in [0.5, 0.6) is 0 Å². The molecule has 0 fully saturated rings. The average molecular weight is 322 g/mol. The van der Waals surface area contributed by atoms with Crippen LogP contribution in [0.15, 0.2) is 0 Å². The summed E-state index contributed by atoms with van der Waals surface area (Å²) < 4.78 is 33.4. The van der Waals surface area contributed by atoms with Gasteiger partial charge in [-0.2, -0.15) is 0 Å². The molecule has 0 aromatic carbocycles. The Hall–Kier alpha value is 1.07. The maximum atomic E-state index is 12.3. The van der Waals surface area contributed by atoms with Gasteiger partial charge in [0, 0.05) is 0 Å². The van der Waals surface area contributed by atoms with Crippen LogP contribution in [-0.2, 0) is 34.5 Å². The molecule has 0 atom stereocenters. The van der Waals surface area contributed by atoms with Gasteiger partial charge in [-0.15, -0.1) is 0 Å². The highest BCUT2D eigenvalue weighted by atomic mass is 33.2. The van der Waals surface area contributed by atoms with Crippen molar-refractivity contribution in [1.29, 1.82) is 0 Å². The first kappa shape index (κ1) is 18.1. The lowest BCUT2D eigenvalue weighted by molar-refractivity contribution is 0.236. The molecular weight excluding hydrogens is 302 g/mol. The van der Waals surface area contributed by atoms with Gasteiger partial charge in [0.15, 0.2) is 0 Å². The zero-order valence-corrected chi connectivity index (χ0v) is 14.0. The van der Waals surface area contributed by atoms with Crippen LogP contribution in [0, 0.1) is 0 Å². The summed E-state index contributed by atoms with van der Waals surface area (Å²) in [5.41, 5.74) is -2.66. The van der Waals surface area contributed by atoms with E-state index in [1.807, 2.05) is 13.8 Å². The number of hydrogen-bond acceptors (Lipinski definition) is 7. The standard InChI is InChI=1S/C8H20O5P2S2/c1-5-10-14(9,11-6-2)17-15(16,12-7-3)13-8-4/h5-8H2,1-4H3. The fourth-order valence-corrected chi connectivity index (χ4v) is 12.1. The molecule has 0 unspecified atom stereocenters. The van der Waals surface area contributed by atoms with Crippen molar-refractivity contribution in [3.8, 4) is 0 Å². The van der Waals surface area contributed by atoms with Gasteiger partial charge in [-0.3, -0.25) is 0 Å². The molecule has 0 aromatic heterocycles. The Labute approximate surface area is 112 Å². The van der Waals surface area contributed by atoms with E-state index < -0.39 is 12.5 Å². The van der Waals surface area contributed by atoms with E-state index in [1.165, 1.54) is 0 Å². The highest BCUT2D eigenvalue weighted by Crippen LogP contribution is 2.79. The first-order valence-electron chi connectivity index (χ1n) is 5.44. The molecule has 9 heteroatoms. The first-order valence-corrected chi connectivity index (χ1v) is 11.7. The van der Waals surface area contributed by atoms with Crippen LogP contribution in [0.4, 0.5) is 0 Å². The van der Waals surface area contributed by atoms with Gasteiger partial charge in [0.25, 0.3) is 5.69 Å². The van der Waals surface area contributed by atoms with Crippen molar-refractivity contribution >= 4 is 35.3 Å². The third-order valence-electron chi connectivity index (χ3n) is 1.35. The molecule has 0 aromatic rings. The predicted octanol–water partition coefficient (Wildman–Crippen LogP) is 4.20. The summed E-state index contributed by atoms with van der Waals surface area (Å²) in [6, 6.07) is 0. The van der Waals surface area contributed by atoms with Crippen molar-refractivity contribution in [2.45, 2.75) is 27.7 Å². The summed E-state index contributed by atoms with van der Waals surface area (Å²) in [5.74, 6) is 0. The van der Waals surface area contributed by atoms with E-state index >= 15 is 0 Å². The Balaban J connectivity index is 4.79. The summed E-state index contributed by atoms with van der Waals surface area (Å²) in [5, 5.41) is 0. The largest absolute Gasteiger partial charge is 0.398 e. The topological polar surface area (TPSA) is 54.0 Å². The zero-order valence-electron chi connectivity index (χ0n) is 10.6. The molecule has 5 nitrogen and oxygen atoms in total. The second-order valence-electron chi connectivity index (χ2n) is 2.65. The Morgan fingerprint density at radius 1 is 0.882 bits per heavy atom. The van der Waals surface area contributed by atoms with Crippen molar-refractivity contribution < 1.29 is 22.7 Å². The average Bonchev–Trinajstić information content (AvgIpc) is 2.17. The molecule has 0 aliphatic rings. The molecule has 0 spiro atoms. The van der Waals surface area contributed by atoms with Crippen LogP contribution >= 0.6 is 23.5 Å². The second kappa shape index (κ2) is 9.05. The van der Waals surface area contributed by atoms with Crippen molar-refractivity contribution in [3.05, 3.63) is 0 Å². The lowest BCUT2D eigenvalue weighted by Gasteiger charge is -2.24. The summed E-state index contributed by atoms with van der Waals surface area (Å²) in [7, 11) is 0. The van der Waals surface area contributed by atoms with E-state index in [0.29, 0.717) is 13.2 Å². The van der Waals surface area contributed by atoms with Crippen molar-refractivity contribution in [3.63, 3.8) is 0 Å². The lowest BCUT2D eigenvalue weighted by Crippen LogP contribution is -1.96. The highest BCUT2D eigenvalue weighted by molar-refractivity contribution is 8.91. The maximum Gasteiger partial charge on any atom is 0.398 e. The Bertz CT molecular complexity index is 252. The van der Waals surface area contributed by atoms with Crippen LogP contribution < -0.4 is 0 Å². The van der Waals surface area contributed by atoms with Crippen LogP contribution in [-0.4, -0.2) is 26.4 Å². The summed E-state index contributed by atoms with van der Waals surface area (Å²) in [4.78, 5) is 0. The van der Waals surface area contributed by atoms with Gasteiger partial charge in [0.1, 0.15) is 0 Å². The lowest BCUT2D eigenvalue weighted by atomic mass is 10.9. The molecule has 0 saturated heterocycles. The quantitative estimate of drug-likeness (QED) is 0.559. The van der Waals surface area contributed by atoms with Crippen LogP contribution in [0.25, 0.3) is 0 Å². The Morgan fingerprint density at radius 3 is 1.53 bits per heavy atom. The van der Waals surface area contributed by atoms with Crippen LogP contribution in [0.3, 0.4) is 0 Å². The van der Waals surface area contributed by atoms with Crippen molar-refractivity contribution in [1.82, 2.24) is 0 Å².